The molecule has 0 saturated heterocycles. The summed E-state index contributed by atoms with van der Waals surface area (Å²) in [6.45, 7) is 0. The second-order valence-electron chi connectivity index (χ2n) is 29.2. The van der Waals surface area contributed by atoms with Gasteiger partial charge in [0, 0.05) is 116 Å². The minimum Gasteiger partial charge on any atom is -0.253 e. The minimum absolute atomic E-state index is 0.801. The quantitative estimate of drug-likeness (QED) is 0.118. The van der Waals surface area contributed by atoms with Crippen LogP contribution in [-0.4, -0.2) is 49.8 Å². The maximum atomic E-state index is 5.96. The Hall–Kier alpha value is -14.3. The van der Waals surface area contributed by atoms with Crippen molar-refractivity contribution < 1.29 is 54.8 Å². The predicted molar refractivity (Wildman–Crippen MR) is 354 cm³/mol. The first-order valence-corrected chi connectivity index (χ1v) is 34.1. The molecule has 22 heteroatoms. The van der Waals surface area contributed by atoms with Gasteiger partial charge in [0.25, 0.3) is 33.1 Å². The molecule has 12 aliphatic rings. The van der Waals surface area contributed by atoms with E-state index in [9.17, 15) is 0 Å². The van der Waals surface area contributed by atoms with Crippen LogP contribution in [0.15, 0.2) is 183 Å². The number of rotatable bonds is 0. The van der Waals surface area contributed by atoms with Crippen LogP contribution in [0, 0.1) is 0 Å². The first kappa shape index (κ1) is 45.2. The van der Waals surface area contributed by atoms with Crippen molar-refractivity contribution in [2.75, 3.05) is 0 Å². The molecule has 0 amide bonds. The van der Waals surface area contributed by atoms with E-state index in [-0.39, 0.29) is 0 Å². The zero-order valence-corrected chi connectivity index (χ0v) is 51.7. The van der Waals surface area contributed by atoms with E-state index >= 15 is 0 Å². The first-order valence-electron chi connectivity index (χ1n) is 34.1. The van der Waals surface area contributed by atoms with E-state index in [0.29, 0.717) is 0 Å². The monoisotopic (exact) mass is 1290 g/mol. The molecule has 22 nitrogen and oxygen atoms in total. The van der Waals surface area contributed by atoms with Gasteiger partial charge in [0.05, 0.1) is 43.4 Å². The van der Waals surface area contributed by atoms with Gasteiger partial charge in [-0.25, -0.2) is 29.9 Å². The molecule has 33 rings (SSSR count). The highest BCUT2D eigenvalue weighted by atomic mass is 15.7. The number of hydrogen-bond acceptors (Lipinski definition) is 10. The molecule has 26 heterocycles. The van der Waals surface area contributed by atoms with Crippen LogP contribution < -0.4 is 54.8 Å². The van der Waals surface area contributed by atoms with Crippen LogP contribution in [0.2, 0.25) is 0 Å². The third kappa shape index (κ3) is 3.70. The lowest BCUT2D eigenvalue weighted by Crippen LogP contribution is -2.97. The molecule has 0 radical (unpaired) electrons. The average Bonchev–Trinajstić information content (AvgIpc) is 1.46. The van der Waals surface area contributed by atoms with Gasteiger partial charge in [-0.2, -0.15) is 0 Å². The maximum absolute atomic E-state index is 5.96. The van der Waals surface area contributed by atoms with E-state index in [1.807, 2.05) is 12.4 Å². The fraction of sp³-hybridized carbons (Fsp3) is 0.0380. The molecule has 0 saturated carbocycles. The molecule has 0 fully saturated rings. The Labute approximate surface area is 558 Å². The molecule has 21 aromatic rings. The normalized spacial score (nSPS) is 19.2. The van der Waals surface area contributed by atoms with E-state index in [4.69, 9.17) is 49.8 Å². The van der Waals surface area contributed by atoms with Crippen LogP contribution in [0.5, 0.6) is 0 Å². The van der Waals surface area contributed by atoms with Gasteiger partial charge in [-0.15, -0.1) is 0 Å². The van der Waals surface area contributed by atoms with Gasteiger partial charge in [0.1, 0.15) is 70.4 Å². The number of hydrogen-bond donors (Lipinski definition) is 0. The van der Waals surface area contributed by atoms with E-state index in [2.05, 4.69) is 213 Å². The zero-order valence-electron chi connectivity index (χ0n) is 51.7. The van der Waals surface area contributed by atoms with Gasteiger partial charge in [-0.1, -0.05) is 0 Å². The van der Waals surface area contributed by atoms with E-state index in [0.717, 1.165) is 255 Å². The predicted octanol–water partition coefficient (Wildman–Crippen LogP) is 4.63. The van der Waals surface area contributed by atoms with Gasteiger partial charge in [-0.05, 0) is 84.9 Å². The Morgan fingerprint density at radius 1 is 0.178 bits per heavy atom. The standard InChI is InChI=1S/C79H30N22/c1-3-33-9-15-43-55-63-75-57(61-73(55)98-49(27-86-61)47-25-84-39-23-37-59(82-21-19-80-37)53-41-13-7-31(1)65-67(33)92(43)77(98,90(41)65)96(47)71(39)53)45-17-11-35-5-6-36-12-18-46-58-62-74-56(64-76(58)101-52(30-89-64)51(29-88-63)100(75)79(101)94(45)69(35)70(36)95(46)79)44-16-10-34-4-2-32-8-14-42-54-60-38(81-20-22-83-60)24-40-72(54)97-48(26-85-40)50(28-87-62)99(74)78(97)91(42)66(32)68(34)93(44)78/h1-30H/q+12. The summed E-state index contributed by atoms with van der Waals surface area (Å²) in [5, 5.41) is 6.82. The summed E-state index contributed by atoms with van der Waals surface area (Å²) in [7, 11) is 0. The van der Waals surface area contributed by atoms with Crippen molar-refractivity contribution in [2.45, 2.75) is 17.7 Å². The Bertz CT molecular complexity index is 8070. The van der Waals surface area contributed by atoms with Crippen LogP contribution in [0.25, 0.3) is 255 Å². The number of benzene rings is 7. The topological polar surface area (TPSA) is 175 Å². The van der Waals surface area contributed by atoms with Crippen LogP contribution in [0.4, 0.5) is 0 Å². The van der Waals surface area contributed by atoms with Crippen molar-refractivity contribution >= 4 is 154 Å². The van der Waals surface area contributed by atoms with E-state index < -0.39 is 17.7 Å². The summed E-state index contributed by atoms with van der Waals surface area (Å²) in [6, 6.07) is 45.8. The zero-order chi connectivity index (χ0) is 63.3. The summed E-state index contributed by atoms with van der Waals surface area (Å²) in [6.07, 6.45) is 19.8. The van der Waals surface area contributed by atoms with Crippen molar-refractivity contribution in [3.63, 3.8) is 0 Å². The molecule has 3 spiro atoms. The molecule has 14 aromatic heterocycles. The van der Waals surface area contributed by atoms with Gasteiger partial charge in [0.2, 0.25) is 34.2 Å². The summed E-state index contributed by atoms with van der Waals surface area (Å²) >= 11 is 0. The minimum atomic E-state index is -1.13. The highest BCUT2D eigenvalue weighted by molar-refractivity contribution is 6.19. The third-order valence-electron chi connectivity index (χ3n) is 25.8. The van der Waals surface area contributed by atoms with Crippen molar-refractivity contribution in [3.8, 4) is 102 Å². The van der Waals surface area contributed by atoms with E-state index in [1.165, 1.54) is 0 Å². The highest BCUT2D eigenvalue weighted by Crippen LogP contribution is 2.55. The fourth-order valence-corrected chi connectivity index (χ4v) is 22.9. The number of aromatic nitrogens is 22. The number of pyridine rings is 6. The molecular formula is C79H30N22+12. The van der Waals surface area contributed by atoms with Crippen molar-refractivity contribution in [3.05, 3.63) is 183 Å². The van der Waals surface area contributed by atoms with Crippen LogP contribution >= 0.6 is 0 Å². The Balaban J connectivity index is 0.757. The molecule has 0 aliphatic carbocycles. The highest BCUT2D eigenvalue weighted by Gasteiger charge is 2.92. The Kier molecular flexibility index (Phi) is 5.81. The van der Waals surface area contributed by atoms with Gasteiger partial charge >= 0.3 is 85.0 Å². The largest absolute Gasteiger partial charge is 0.772 e. The molecule has 101 heavy (non-hydrogen) atoms. The lowest BCUT2D eigenvalue weighted by atomic mass is 9.93. The van der Waals surface area contributed by atoms with Crippen LogP contribution in [0.3, 0.4) is 0 Å². The van der Waals surface area contributed by atoms with Crippen molar-refractivity contribution in [2.24, 2.45) is 0 Å². The lowest BCUT2D eigenvalue weighted by molar-refractivity contribution is -1.28. The summed E-state index contributed by atoms with van der Waals surface area (Å²) < 4.78 is 31.3. The molecule has 7 aromatic carbocycles. The lowest BCUT2D eigenvalue weighted by Gasteiger charge is -2.22. The Morgan fingerprint density at radius 2 is 0.396 bits per heavy atom. The van der Waals surface area contributed by atoms with Gasteiger partial charge < -0.3 is 0 Å². The molecule has 0 N–H and O–H groups in total. The molecular weight excluding hydrogens is 1260 g/mol. The molecule has 2 unspecified atom stereocenters. The van der Waals surface area contributed by atoms with Crippen LogP contribution in [-0.2, 0) is 17.7 Å². The smallest absolute Gasteiger partial charge is 0.253 e. The molecule has 2 atom stereocenters. The molecule has 12 aliphatic heterocycles. The fourth-order valence-electron chi connectivity index (χ4n) is 22.9. The van der Waals surface area contributed by atoms with E-state index in [1.54, 1.807) is 12.4 Å². The second-order valence-corrected chi connectivity index (χ2v) is 29.2. The average molecular weight is 1290 g/mol. The SMILES string of the molecule is c1cnc2c3c4c(cc2n1)ncc1[n+]4C24[n+]5c-1cnc1c6c7c(ncc8[n+]7C79[n+]%10c-8cnc8c%11c%12c(ncc%13[n+]%12C%12%14[n+]%15c-%13cnc%13cc%16nccnc%16c(c%13%15)-c%13ccc%15ccc%16ccc-%11[n+]%12c%16c%15[n+]%13%14)c(c8%10)-c8ccc%10ccc%11ccc-6[n+]7c%11c%10[n+]89)c(c15)-c1ccc5ccc6ccc-3[n+]2c6c5[n+]14. The van der Waals surface area contributed by atoms with Crippen LogP contribution in [0.1, 0.15) is 0 Å². The first-order chi connectivity index (χ1) is 50.1. The number of fused-ring (bicyclic) bond motifs is 17. The second kappa shape index (κ2) is 13.0. The van der Waals surface area contributed by atoms with Gasteiger partial charge in [-0.3, -0.25) is 19.9 Å². The molecule has 444 valence electrons. The van der Waals surface area contributed by atoms with Crippen molar-refractivity contribution in [1.29, 1.82) is 0 Å². The summed E-state index contributed by atoms with van der Waals surface area (Å²) in [5.74, 6) is -3.19. The number of nitrogens with zero attached hydrogens (tertiary/aromatic N) is 22. The maximum Gasteiger partial charge on any atom is 0.772 e. The van der Waals surface area contributed by atoms with Crippen molar-refractivity contribution in [1.82, 2.24) is 49.8 Å². The summed E-state index contributed by atoms with van der Waals surface area (Å²) in [5.41, 5.74) is 39.3. The van der Waals surface area contributed by atoms with Gasteiger partial charge in [0.15, 0.2) is 44.3 Å². The third-order valence-corrected chi connectivity index (χ3v) is 25.8. The molecule has 0 bridgehead atoms. The summed E-state index contributed by atoms with van der Waals surface area (Å²) in [4.78, 5) is 54.5. The Morgan fingerprint density at radius 3 is 0.673 bits per heavy atom.